The molecule has 0 unspecified atom stereocenters. The first-order chi connectivity index (χ1) is 6.25. The number of urea groups is 1. The van der Waals surface area contributed by atoms with Gasteiger partial charge in [-0.2, -0.15) is 0 Å². The van der Waals surface area contributed by atoms with E-state index in [1.54, 1.807) is 0 Å². The second-order valence-corrected chi connectivity index (χ2v) is 4.05. The number of nitrogens with zero attached hydrogens (tertiary/aromatic N) is 1. The van der Waals surface area contributed by atoms with Gasteiger partial charge in [-0.1, -0.05) is 0 Å². The largest absolute Gasteiger partial charge is 0.352 e. The van der Waals surface area contributed by atoms with Gasteiger partial charge < -0.3 is 16.0 Å². The molecule has 1 aliphatic heterocycles. The van der Waals surface area contributed by atoms with Gasteiger partial charge >= 0.3 is 6.03 Å². The Hall–Kier alpha value is -0.480. The molecule has 4 nitrogen and oxygen atoms in total. The van der Waals surface area contributed by atoms with E-state index in [1.165, 1.54) is 12.8 Å². The lowest BCUT2D eigenvalue weighted by molar-refractivity contribution is 0.188. The minimum atomic E-state index is -0.384. The van der Waals surface area contributed by atoms with Gasteiger partial charge in [0.15, 0.2) is 0 Å². The van der Waals surface area contributed by atoms with Crippen LogP contribution in [0.2, 0.25) is 0 Å². The highest BCUT2D eigenvalue weighted by atomic mass is 35.5. The number of carbonyl (C=O) groups is 1. The van der Waals surface area contributed by atoms with Gasteiger partial charge in [0.1, 0.15) is 0 Å². The summed E-state index contributed by atoms with van der Waals surface area (Å²) < 4.78 is 0. The van der Waals surface area contributed by atoms with Crippen molar-refractivity contribution >= 4 is 18.4 Å². The molecule has 1 aliphatic carbocycles. The summed E-state index contributed by atoms with van der Waals surface area (Å²) in [6.45, 7) is 2.24. The minimum absolute atomic E-state index is 0. The molecule has 0 bridgehead atoms. The summed E-state index contributed by atoms with van der Waals surface area (Å²) in [5.41, 5.74) is 5.07. The van der Waals surface area contributed by atoms with Gasteiger partial charge in [-0.05, 0) is 25.7 Å². The molecule has 2 fully saturated rings. The third kappa shape index (κ3) is 3.03. The van der Waals surface area contributed by atoms with E-state index in [-0.39, 0.29) is 18.4 Å². The highest BCUT2D eigenvalue weighted by Crippen LogP contribution is 2.29. The molecule has 5 heteroatoms. The maximum atomic E-state index is 10.6. The Morgan fingerprint density at radius 3 is 2.21 bits per heavy atom. The number of likely N-dealkylation sites (tertiary alicyclic amines) is 1. The molecule has 0 spiro atoms. The number of piperidine rings is 1. The van der Waals surface area contributed by atoms with Gasteiger partial charge in [0, 0.05) is 25.2 Å². The van der Waals surface area contributed by atoms with Crippen LogP contribution in [0.15, 0.2) is 0 Å². The molecule has 1 heterocycles. The van der Waals surface area contributed by atoms with Crippen LogP contribution in [0.25, 0.3) is 0 Å². The molecule has 82 valence electrons. The van der Waals surface area contributed by atoms with E-state index >= 15 is 0 Å². The average Bonchev–Trinajstić information content (AvgIpc) is 2.87. The standard InChI is InChI=1S/C9H17N3O.ClH/c10-9(13)11-7-3-5-12(6-4-7)8-1-2-8;/h7-8H,1-6H2,(H3,10,11,13);1H. The SMILES string of the molecule is Cl.NC(=O)NC1CCN(C2CC2)CC1. The van der Waals surface area contributed by atoms with Crippen molar-refractivity contribution in [1.82, 2.24) is 10.2 Å². The summed E-state index contributed by atoms with van der Waals surface area (Å²) in [5, 5.41) is 2.77. The van der Waals surface area contributed by atoms with Crippen LogP contribution in [-0.4, -0.2) is 36.1 Å². The van der Waals surface area contributed by atoms with E-state index in [0.29, 0.717) is 6.04 Å². The van der Waals surface area contributed by atoms with Crippen molar-refractivity contribution in [3.63, 3.8) is 0 Å². The van der Waals surface area contributed by atoms with Gasteiger partial charge in [0.05, 0.1) is 0 Å². The van der Waals surface area contributed by atoms with Crippen molar-refractivity contribution in [2.45, 2.75) is 37.8 Å². The maximum absolute atomic E-state index is 10.6. The third-order valence-corrected chi connectivity index (χ3v) is 2.94. The Labute approximate surface area is 90.6 Å². The van der Waals surface area contributed by atoms with Crippen molar-refractivity contribution < 1.29 is 4.79 Å². The van der Waals surface area contributed by atoms with Gasteiger partial charge in [0.25, 0.3) is 0 Å². The third-order valence-electron chi connectivity index (χ3n) is 2.94. The molecule has 0 aromatic rings. The number of hydrogen-bond acceptors (Lipinski definition) is 2. The number of hydrogen-bond donors (Lipinski definition) is 2. The van der Waals surface area contributed by atoms with E-state index in [1.807, 2.05) is 0 Å². The summed E-state index contributed by atoms with van der Waals surface area (Å²) in [6.07, 6.45) is 4.85. The van der Waals surface area contributed by atoms with Gasteiger partial charge in [-0.3, -0.25) is 0 Å². The summed E-state index contributed by atoms with van der Waals surface area (Å²) >= 11 is 0. The molecule has 14 heavy (non-hydrogen) atoms. The predicted octanol–water partition coefficient (Wildman–Crippen LogP) is 0.703. The molecule has 2 amide bonds. The number of nitrogens with two attached hydrogens (primary N) is 1. The van der Waals surface area contributed by atoms with Crippen LogP contribution < -0.4 is 11.1 Å². The molecular weight excluding hydrogens is 202 g/mol. The fourth-order valence-electron chi connectivity index (χ4n) is 2.05. The van der Waals surface area contributed by atoms with Gasteiger partial charge in [0.2, 0.25) is 0 Å². The Morgan fingerprint density at radius 1 is 1.21 bits per heavy atom. The van der Waals surface area contributed by atoms with Crippen molar-refractivity contribution in [1.29, 1.82) is 0 Å². The Balaban J connectivity index is 0.000000980. The first-order valence-electron chi connectivity index (χ1n) is 5.06. The topological polar surface area (TPSA) is 58.4 Å². The summed E-state index contributed by atoms with van der Waals surface area (Å²) in [5.74, 6) is 0. The first kappa shape index (κ1) is 11.6. The van der Waals surface area contributed by atoms with Crippen molar-refractivity contribution in [3.8, 4) is 0 Å². The molecule has 1 saturated heterocycles. The lowest BCUT2D eigenvalue weighted by Crippen LogP contribution is -2.46. The highest BCUT2D eigenvalue weighted by Gasteiger charge is 2.31. The molecule has 2 rings (SSSR count). The van der Waals surface area contributed by atoms with Crippen LogP contribution in [0.3, 0.4) is 0 Å². The van der Waals surface area contributed by atoms with Crippen LogP contribution in [-0.2, 0) is 0 Å². The van der Waals surface area contributed by atoms with Gasteiger partial charge in [-0.25, -0.2) is 4.79 Å². The van der Waals surface area contributed by atoms with Crippen molar-refractivity contribution in [3.05, 3.63) is 0 Å². The molecule has 0 atom stereocenters. The fraction of sp³-hybridized carbons (Fsp3) is 0.889. The monoisotopic (exact) mass is 219 g/mol. The van der Waals surface area contributed by atoms with E-state index in [0.717, 1.165) is 32.0 Å². The number of amides is 2. The predicted molar refractivity (Wildman–Crippen MR) is 57.6 cm³/mol. The molecule has 1 saturated carbocycles. The van der Waals surface area contributed by atoms with E-state index in [2.05, 4.69) is 10.2 Å². The molecule has 0 aromatic heterocycles. The maximum Gasteiger partial charge on any atom is 0.312 e. The van der Waals surface area contributed by atoms with E-state index in [4.69, 9.17) is 5.73 Å². The Kier molecular flexibility index (Phi) is 4.01. The second kappa shape index (κ2) is 4.84. The summed E-state index contributed by atoms with van der Waals surface area (Å²) in [4.78, 5) is 13.1. The van der Waals surface area contributed by atoms with E-state index < -0.39 is 0 Å². The number of carbonyl (C=O) groups excluding carboxylic acids is 1. The average molecular weight is 220 g/mol. The molecular formula is C9H18ClN3O. The van der Waals surface area contributed by atoms with Crippen LogP contribution in [0, 0.1) is 0 Å². The number of rotatable bonds is 2. The smallest absolute Gasteiger partial charge is 0.312 e. The fourth-order valence-corrected chi connectivity index (χ4v) is 2.05. The quantitative estimate of drug-likeness (QED) is 0.719. The normalized spacial score (nSPS) is 24.0. The number of nitrogens with one attached hydrogen (secondary N) is 1. The highest BCUT2D eigenvalue weighted by molar-refractivity contribution is 5.85. The lowest BCUT2D eigenvalue weighted by atomic mass is 10.1. The lowest BCUT2D eigenvalue weighted by Gasteiger charge is -2.31. The van der Waals surface area contributed by atoms with E-state index in [9.17, 15) is 4.79 Å². The molecule has 0 aromatic carbocycles. The van der Waals surface area contributed by atoms with Crippen molar-refractivity contribution in [2.75, 3.05) is 13.1 Å². The second-order valence-electron chi connectivity index (χ2n) is 4.05. The van der Waals surface area contributed by atoms with Crippen LogP contribution in [0.4, 0.5) is 4.79 Å². The zero-order chi connectivity index (χ0) is 9.26. The first-order valence-corrected chi connectivity index (χ1v) is 5.06. The Morgan fingerprint density at radius 2 is 1.79 bits per heavy atom. The molecule has 2 aliphatic rings. The number of primary amides is 1. The zero-order valence-electron chi connectivity index (χ0n) is 8.24. The molecule has 0 radical (unpaired) electrons. The van der Waals surface area contributed by atoms with Crippen LogP contribution in [0.5, 0.6) is 0 Å². The van der Waals surface area contributed by atoms with Crippen molar-refractivity contribution in [2.24, 2.45) is 5.73 Å². The molecule has 3 N–H and O–H groups in total. The zero-order valence-corrected chi connectivity index (χ0v) is 9.05. The minimum Gasteiger partial charge on any atom is -0.352 e. The summed E-state index contributed by atoms with van der Waals surface area (Å²) in [7, 11) is 0. The Bertz CT molecular complexity index is 200. The summed E-state index contributed by atoms with van der Waals surface area (Å²) in [6, 6.07) is 0.784. The van der Waals surface area contributed by atoms with Gasteiger partial charge in [-0.15, -0.1) is 12.4 Å². The van der Waals surface area contributed by atoms with Crippen LogP contribution in [0.1, 0.15) is 25.7 Å². The van der Waals surface area contributed by atoms with Crippen LogP contribution >= 0.6 is 12.4 Å². The number of halogens is 1.